The molecule has 0 aliphatic heterocycles. The molecule has 0 heterocycles. The second kappa shape index (κ2) is 9.33. The Morgan fingerprint density at radius 3 is 2.67 bits per heavy atom. The average molecular weight is 323 g/mol. The third-order valence-electron chi connectivity index (χ3n) is 3.55. The van der Waals surface area contributed by atoms with Gasteiger partial charge in [0.1, 0.15) is 5.75 Å². The van der Waals surface area contributed by atoms with Crippen molar-refractivity contribution in [3.63, 3.8) is 0 Å². The lowest BCUT2D eigenvalue weighted by atomic mass is 10.1. The van der Waals surface area contributed by atoms with Crippen molar-refractivity contribution in [1.82, 2.24) is 5.32 Å². The normalized spacial score (nSPS) is 10.0. The van der Waals surface area contributed by atoms with Gasteiger partial charge in [0.05, 0.1) is 18.7 Å². The van der Waals surface area contributed by atoms with E-state index in [0.717, 1.165) is 18.7 Å². The SMILES string of the molecule is COc1cccc(CCNCCC(=O)Nc2ccc(C#N)cc2)c1. The lowest BCUT2D eigenvalue weighted by Gasteiger charge is -2.07. The van der Waals surface area contributed by atoms with Crippen LogP contribution in [0.4, 0.5) is 5.69 Å². The standard InChI is InChI=1S/C19H21N3O2/c1-24-18-4-2-3-15(13-18)9-11-21-12-10-19(23)22-17-7-5-16(14-20)6-8-17/h2-8,13,21H,9-12H2,1H3,(H,22,23). The fraction of sp³-hybridized carbons (Fsp3) is 0.263. The van der Waals surface area contributed by atoms with Gasteiger partial charge in [0.15, 0.2) is 0 Å². The van der Waals surface area contributed by atoms with E-state index in [4.69, 9.17) is 10.00 Å². The van der Waals surface area contributed by atoms with Crippen molar-refractivity contribution >= 4 is 11.6 Å². The Kier molecular flexibility index (Phi) is 6.81. The predicted molar refractivity (Wildman–Crippen MR) is 94.0 cm³/mol. The molecule has 1 amide bonds. The van der Waals surface area contributed by atoms with Crippen LogP contribution in [0.25, 0.3) is 0 Å². The minimum atomic E-state index is -0.0476. The van der Waals surface area contributed by atoms with E-state index in [1.54, 1.807) is 31.4 Å². The van der Waals surface area contributed by atoms with Crippen molar-refractivity contribution in [3.8, 4) is 11.8 Å². The molecule has 0 radical (unpaired) electrons. The molecule has 0 aliphatic rings. The van der Waals surface area contributed by atoms with Gasteiger partial charge in [0, 0.05) is 18.7 Å². The van der Waals surface area contributed by atoms with Gasteiger partial charge in [-0.25, -0.2) is 0 Å². The summed E-state index contributed by atoms with van der Waals surface area (Å²) in [5.74, 6) is 0.808. The number of anilines is 1. The first-order valence-corrected chi connectivity index (χ1v) is 7.85. The first-order valence-electron chi connectivity index (χ1n) is 7.85. The van der Waals surface area contributed by atoms with E-state index in [-0.39, 0.29) is 5.91 Å². The van der Waals surface area contributed by atoms with Gasteiger partial charge in [0.25, 0.3) is 0 Å². The number of rotatable bonds is 8. The third kappa shape index (κ3) is 5.75. The molecular weight excluding hydrogens is 302 g/mol. The van der Waals surface area contributed by atoms with Crippen molar-refractivity contribution in [2.24, 2.45) is 0 Å². The molecule has 5 heteroatoms. The molecular formula is C19H21N3O2. The lowest BCUT2D eigenvalue weighted by Crippen LogP contribution is -2.23. The van der Waals surface area contributed by atoms with E-state index in [0.29, 0.717) is 24.2 Å². The third-order valence-corrected chi connectivity index (χ3v) is 3.55. The van der Waals surface area contributed by atoms with Gasteiger partial charge in [-0.3, -0.25) is 4.79 Å². The number of nitriles is 1. The Hall–Kier alpha value is -2.84. The molecule has 0 aliphatic carbocycles. The molecule has 2 aromatic carbocycles. The molecule has 0 bridgehead atoms. The zero-order valence-corrected chi connectivity index (χ0v) is 13.7. The molecule has 24 heavy (non-hydrogen) atoms. The number of amides is 1. The second-order valence-electron chi connectivity index (χ2n) is 5.34. The van der Waals surface area contributed by atoms with Crippen molar-refractivity contribution in [2.75, 3.05) is 25.5 Å². The average Bonchev–Trinajstić information content (AvgIpc) is 2.62. The van der Waals surface area contributed by atoms with Crippen molar-refractivity contribution < 1.29 is 9.53 Å². The zero-order valence-electron chi connectivity index (χ0n) is 13.7. The molecule has 2 N–H and O–H groups in total. The van der Waals surface area contributed by atoms with Crippen LogP contribution in [0.5, 0.6) is 5.75 Å². The van der Waals surface area contributed by atoms with Gasteiger partial charge >= 0.3 is 0 Å². The van der Waals surface area contributed by atoms with Gasteiger partial charge in [-0.05, 0) is 54.9 Å². The van der Waals surface area contributed by atoms with E-state index in [9.17, 15) is 4.79 Å². The molecule has 0 saturated carbocycles. The highest BCUT2D eigenvalue weighted by molar-refractivity contribution is 5.90. The molecule has 0 fully saturated rings. The number of methoxy groups -OCH3 is 1. The van der Waals surface area contributed by atoms with E-state index < -0.39 is 0 Å². The van der Waals surface area contributed by atoms with E-state index in [1.165, 1.54) is 5.56 Å². The number of nitrogens with one attached hydrogen (secondary N) is 2. The highest BCUT2D eigenvalue weighted by Gasteiger charge is 2.02. The first kappa shape index (κ1) is 17.5. The fourth-order valence-corrected chi connectivity index (χ4v) is 2.24. The Bertz CT molecular complexity index is 705. The molecule has 0 atom stereocenters. The van der Waals surface area contributed by atoms with Crippen LogP contribution in [-0.4, -0.2) is 26.1 Å². The summed E-state index contributed by atoms with van der Waals surface area (Å²) in [6.07, 6.45) is 1.28. The topological polar surface area (TPSA) is 74.2 Å². The predicted octanol–water partition coefficient (Wildman–Crippen LogP) is 2.73. The Morgan fingerprint density at radius 2 is 1.96 bits per heavy atom. The van der Waals surface area contributed by atoms with Gasteiger partial charge in [0.2, 0.25) is 5.91 Å². The van der Waals surface area contributed by atoms with Crippen LogP contribution in [0.1, 0.15) is 17.5 Å². The summed E-state index contributed by atoms with van der Waals surface area (Å²) in [6, 6.07) is 16.8. The summed E-state index contributed by atoms with van der Waals surface area (Å²) in [7, 11) is 1.66. The highest BCUT2D eigenvalue weighted by Crippen LogP contribution is 2.12. The summed E-state index contributed by atoms with van der Waals surface area (Å²) in [6.45, 7) is 1.42. The molecule has 124 valence electrons. The molecule has 0 saturated heterocycles. The molecule has 0 unspecified atom stereocenters. The van der Waals surface area contributed by atoms with Crippen LogP contribution in [0.3, 0.4) is 0 Å². The number of hydrogen-bond acceptors (Lipinski definition) is 4. The minimum Gasteiger partial charge on any atom is -0.497 e. The van der Waals surface area contributed by atoms with E-state index >= 15 is 0 Å². The van der Waals surface area contributed by atoms with Crippen molar-refractivity contribution in [3.05, 3.63) is 59.7 Å². The van der Waals surface area contributed by atoms with Crippen molar-refractivity contribution in [1.29, 1.82) is 5.26 Å². The van der Waals surface area contributed by atoms with Gasteiger partial charge in [-0.1, -0.05) is 12.1 Å². The maximum absolute atomic E-state index is 11.9. The molecule has 5 nitrogen and oxygen atoms in total. The summed E-state index contributed by atoms with van der Waals surface area (Å²) < 4.78 is 5.19. The smallest absolute Gasteiger partial charge is 0.225 e. The molecule has 2 rings (SSSR count). The Balaban J connectivity index is 1.64. The second-order valence-corrected chi connectivity index (χ2v) is 5.34. The van der Waals surface area contributed by atoms with E-state index in [1.807, 2.05) is 24.3 Å². The number of ether oxygens (including phenoxy) is 1. The fourth-order valence-electron chi connectivity index (χ4n) is 2.24. The highest BCUT2D eigenvalue weighted by atomic mass is 16.5. The van der Waals surface area contributed by atoms with Crippen molar-refractivity contribution in [2.45, 2.75) is 12.8 Å². The largest absolute Gasteiger partial charge is 0.497 e. The number of carbonyl (C=O) groups is 1. The monoisotopic (exact) mass is 323 g/mol. The van der Waals surface area contributed by atoms with Crippen LogP contribution in [-0.2, 0) is 11.2 Å². The van der Waals surface area contributed by atoms with Crippen LogP contribution in [0, 0.1) is 11.3 Å². The quantitative estimate of drug-likeness (QED) is 0.733. The number of benzene rings is 2. The summed E-state index contributed by atoms with van der Waals surface area (Å²) in [5, 5.41) is 14.8. The van der Waals surface area contributed by atoms with Gasteiger partial charge < -0.3 is 15.4 Å². The first-order chi connectivity index (χ1) is 11.7. The van der Waals surface area contributed by atoms with Gasteiger partial charge in [-0.2, -0.15) is 5.26 Å². The zero-order chi connectivity index (χ0) is 17.2. The van der Waals surface area contributed by atoms with E-state index in [2.05, 4.69) is 16.7 Å². The summed E-state index contributed by atoms with van der Waals surface area (Å²) in [5.41, 5.74) is 2.48. The number of hydrogen-bond donors (Lipinski definition) is 2. The van der Waals surface area contributed by atoms with Crippen LogP contribution < -0.4 is 15.4 Å². The summed E-state index contributed by atoms with van der Waals surface area (Å²) >= 11 is 0. The van der Waals surface area contributed by atoms with Crippen LogP contribution in [0.2, 0.25) is 0 Å². The maximum atomic E-state index is 11.9. The van der Waals surface area contributed by atoms with Crippen LogP contribution >= 0.6 is 0 Å². The minimum absolute atomic E-state index is 0.0476. The lowest BCUT2D eigenvalue weighted by molar-refractivity contribution is -0.116. The molecule has 0 aromatic heterocycles. The Labute approximate surface area is 142 Å². The molecule has 2 aromatic rings. The van der Waals surface area contributed by atoms with Crippen LogP contribution in [0.15, 0.2) is 48.5 Å². The number of nitrogens with zero attached hydrogens (tertiary/aromatic N) is 1. The Morgan fingerprint density at radius 1 is 1.17 bits per heavy atom. The number of carbonyl (C=O) groups excluding carboxylic acids is 1. The summed E-state index contributed by atoms with van der Waals surface area (Å²) in [4.78, 5) is 11.9. The van der Waals surface area contributed by atoms with Gasteiger partial charge in [-0.15, -0.1) is 0 Å². The maximum Gasteiger partial charge on any atom is 0.225 e. The molecule has 0 spiro atoms.